The number of benzene rings is 3. The standard InChI is InChI=1S/C30H34N4O2/c1-20(2)30(4)19-26(35)34(29(31)33-30)27(23-14-9-6-10-15-23)24-16-11-17-25(18-24)28(36)32-21(3)22-12-7-5-8-13-22/h5-18,20-21,27H,19H2,1-4H3,(H2,31,33)(H,32,36). The van der Waals surface area contributed by atoms with E-state index in [-0.39, 0.29) is 36.2 Å². The highest BCUT2D eigenvalue weighted by Crippen LogP contribution is 2.36. The van der Waals surface area contributed by atoms with Crippen LogP contribution in [0.15, 0.2) is 89.9 Å². The van der Waals surface area contributed by atoms with Gasteiger partial charge in [-0.2, -0.15) is 0 Å². The first-order chi connectivity index (χ1) is 17.2. The van der Waals surface area contributed by atoms with Crippen molar-refractivity contribution in [2.24, 2.45) is 16.6 Å². The molecule has 3 aromatic carbocycles. The summed E-state index contributed by atoms with van der Waals surface area (Å²) in [4.78, 5) is 33.0. The molecule has 36 heavy (non-hydrogen) atoms. The number of nitrogens with one attached hydrogen (secondary N) is 1. The van der Waals surface area contributed by atoms with Crippen LogP contribution in [-0.2, 0) is 4.79 Å². The molecule has 0 aliphatic carbocycles. The minimum atomic E-state index is -0.547. The molecule has 0 aromatic heterocycles. The van der Waals surface area contributed by atoms with Crippen LogP contribution in [0.1, 0.15) is 73.2 Å². The minimum Gasteiger partial charge on any atom is -0.369 e. The number of hydrogen-bond acceptors (Lipinski definition) is 4. The first kappa shape index (κ1) is 25.2. The number of rotatable bonds is 7. The van der Waals surface area contributed by atoms with Gasteiger partial charge in [-0.25, -0.2) is 4.99 Å². The van der Waals surface area contributed by atoms with Crippen LogP contribution in [-0.4, -0.2) is 28.2 Å². The molecule has 3 aromatic rings. The Kier molecular flexibility index (Phi) is 7.25. The van der Waals surface area contributed by atoms with Crippen LogP contribution in [0.4, 0.5) is 0 Å². The Morgan fingerprint density at radius 1 is 0.917 bits per heavy atom. The summed E-state index contributed by atoms with van der Waals surface area (Å²) in [5.41, 5.74) is 9.15. The summed E-state index contributed by atoms with van der Waals surface area (Å²) in [6, 6.07) is 26.3. The predicted octanol–water partition coefficient (Wildman–Crippen LogP) is 5.23. The summed E-state index contributed by atoms with van der Waals surface area (Å²) in [6.45, 7) is 8.02. The molecule has 1 heterocycles. The van der Waals surface area contributed by atoms with Gasteiger partial charge in [0, 0.05) is 5.56 Å². The summed E-state index contributed by atoms with van der Waals surface area (Å²) in [5.74, 6) is 0.0962. The van der Waals surface area contributed by atoms with E-state index < -0.39 is 11.6 Å². The van der Waals surface area contributed by atoms with Crippen molar-refractivity contribution >= 4 is 17.8 Å². The van der Waals surface area contributed by atoms with Crippen molar-refractivity contribution in [2.45, 2.75) is 51.7 Å². The summed E-state index contributed by atoms with van der Waals surface area (Å²) < 4.78 is 0. The van der Waals surface area contributed by atoms with Crippen molar-refractivity contribution in [3.8, 4) is 0 Å². The number of carbonyl (C=O) groups excluding carboxylic acids is 2. The van der Waals surface area contributed by atoms with Gasteiger partial charge in [0.15, 0.2) is 5.96 Å². The van der Waals surface area contributed by atoms with Crippen LogP contribution in [0.2, 0.25) is 0 Å². The summed E-state index contributed by atoms with van der Waals surface area (Å²) >= 11 is 0. The zero-order valence-electron chi connectivity index (χ0n) is 21.3. The fraction of sp³-hybridized carbons (Fsp3) is 0.300. The molecule has 0 fully saturated rings. The van der Waals surface area contributed by atoms with Gasteiger partial charge in [-0.15, -0.1) is 0 Å². The molecular weight excluding hydrogens is 448 g/mol. The van der Waals surface area contributed by atoms with Gasteiger partial charge in [-0.1, -0.05) is 86.6 Å². The van der Waals surface area contributed by atoms with Crippen LogP contribution >= 0.6 is 0 Å². The Labute approximate surface area is 213 Å². The summed E-state index contributed by atoms with van der Waals surface area (Å²) in [6.07, 6.45) is 0.267. The number of nitrogens with two attached hydrogens (primary N) is 1. The first-order valence-electron chi connectivity index (χ1n) is 12.4. The maximum absolute atomic E-state index is 13.5. The van der Waals surface area contributed by atoms with E-state index in [1.165, 1.54) is 0 Å². The molecule has 1 aliphatic heterocycles. The molecule has 2 amide bonds. The fourth-order valence-electron chi connectivity index (χ4n) is 4.56. The number of amides is 2. The van der Waals surface area contributed by atoms with Gasteiger partial charge in [0.1, 0.15) is 0 Å². The molecule has 0 bridgehead atoms. The fourth-order valence-corrected chi connectivity index (χ4v) is 4.56. The average molecular weight is 483 g/mol. The van der Waals surface area contributed by atoms with Gasteiger partial charge in [0.2, 0.25) is 5.91 Å². The van der Waals surface area contributed by atoms with Crippen molar-refractivity contribution in [1.82, 2.24) is 10.2 Å². The molecule has 1 aliphatic rings. The first-order valence-corrected chi connectivity index (χ1v) is 12.4. The van der Waals surface area contributed by atoms with Gasteiger partial charge in [0.25, 0.3) is 5.91 Å². The lowest BCUT2D eigenvalue weighted by Crippen LogP contribution is -2.53. The van der Waals surface area contributed by atoms with E-state index in [1.54, 1.807) is 11.0 Å². The van der Waals surface area contributed by atoms with E-state index in [0.29, 0.717) is 5.56 Å². The van der Waals surface area contributed by atoms with E-state index in [2.05, 4.69) is 5.32 Å². The molecule has 0 radical (unpaired) electrons. The van der Waals surface area contributed by atoms with Gasteiger partial charge < -0.3 is 11.1 Å². The van der Waals surface area contributed by atoms with E-state index in [4.69, 9.17) is 10.7 Å². The molecule has 0 saturated heterocycles. The van der Waals surface area contributed by atoms with E-state index >= 15 is 0 Å². The second-order valence-electron chi connectivity index (χ2n) is 9.97. The van der Waals surface area contributed by atoms with Crippen molar-refractivity contribution in [3.63, 3.8) is 0 Å². The van der Waals surface area contributed by atoms with Crippen LogP contribution in [0, 0.1) is 5.92 Å². The van der Waals surface area contributed by atoms with E-state index in [1.807, 2.05) is 107 Å². The largest absolute Gasteiger partial charge is 0.369 e. The number of hydrogen-bond donors (Lipinski definition) is 2. The smallest absolute Gasteiger partial charge is 0.251 e. The Bertz CT molecular complexity index is 1260. The molecule has 4 rings (SSSR count). The lowest BCUT2D eigenvalue weighted by Gasteiger charge is -2.41. The van der Waals surface area contributed by atoms with Gasteiger partial charge in [-0.3, -0.25) is 14.5 Å². The third-order valence-electron chi connectivity index (χ3n) is 7.12. The van der Waals surface area contributed by atoms with Gasteiger partial charge >= 0.3 is 0 Å². The number of guanidine groups is 1. The predicted molar refractivity (Wildman–Crippen MR) is 143 cm³/mol. The Hall–Kier alpha value is -3.93. The molecular formula is C30H34N4O2. The van der Waals surface area contributed by atoms with Crippen LogP contribution in [0.3, 0.4) is 0 Å². The molecule has 3 unspecified atom stereocenters. The maximum Gasteiger partial charge on any atom is 0.251 e. The van der Waals surface area contributed by atoms with Crippen molar-refractivity contribution in [3.05, 3.63) is 107 Å². The van der Waals surface area contributed by atoms with Crippen molar-refractivity contribution in [1.29, 1.82) is 0 Å². The van der Waals surface area contributed by atoms with Gasteiger partial charge in [0.05, 0.1) is 24.0 Å². The van der Waals surface area contributed by atoms with Crippen LogP contribution in [0.25, 0.3) is 0 Å². The Balaban J connectivity index is 1.70. The lowest BCUT2D eigenvalue weighted by molar-refractivity contribution is -0.131. The van der Waals surface area contributed by atoms with Crippen LogP contribution < -0.4 is 11.1 Å². The minimum absolute atomic E-state index is 0.0832. The number of aliphatic imine (C=N–C) groups is 1. The number of nitrogens with zero attached hydrogens (tertiary/aromatic N) is 2. The zero-order chi connectivity index (χ0) is 25.9. The highest BCUT2D eigenvalue weighted by Gasteiger charge is 2.41. The monoisotopic (exact) mass is 482 g/mol. The summed E-state index contributed by atoms with van der Waals surface area (Å²) in [7, 11) is 0. The molecule has 3 atom stereocenters. The topological polar surface area (TPSA) is 87.8 Å². The highest BCUT2D eigenvalue weighted by molar-refractivity contribution is 6.00. The average Bonchev–Trinajstić information content (AvgIpc) is 2.87. The van der Waals surface area contributed by atoms with Crippen molar-refractivity contribution < 1.29 is 9.59 Å². The zero-order valence-corrected chi connectivity index (χ0v) is 21.3. The van der Waals surface area contributed by atoms with E-state index in [9.17, 15) is 9.59 Å². The third kappa shape index (κ3) is 5.18. The molecule has 0 spiro atoms. The highest BCUT2D eigenvalue weighted by atomic mass is 16.2. The molecule has 186 valence electrons. The second-order valence-corrected chi connectivity index (χ2v) is 9.97. The molecule has 6 nitrogen and oxygen atoms in total. The molecule has 3 N–H and O–H groups in total. The van der Waals surface area contributed by atoms with Crippen LogP contribution in [0.5, 0.6) is 0 Å². The molecule has 6 heteroatoms. The maximum atomic E-state index is 13.5. The quantitative estimate of drug-likeness (QED) is 0.483. The SMILES string of the molecule is CC(NC(=O)c1cccc(C(c2ccccc2)N2C(=O)CC(C)(C(C)C)N=C2N)c1)c1ccccc1. The van der Waals surface area contributed by atoms with E-state index in [0.717, 1.165) is 16.7 Å². The summed E-state index contributed by atoms with van der Waals surface area (Å²) in [5, 5.41) is 3.07. The second kappa shape index (κ2) is 10.4. The van der Waals surface area contributed by atoms with Crippen molar-refractivity contribution in [2.75, 3.05) is 0 Å². The number of carbonyl (C=O) groups is 2. The van der Waals surface area contributed by atoms with Gasteiger partial charge in [-0.05, 0) is 48.6 Å². The lowest BCUT2D eigenvalue weighted by atomic mass is 9.83. The normalized spacial score (nSPS) is 19.5. The Morgan fingerprint density at radius 2 is 1.50 bits per heavy atom. The molecule has 0 saturated carbocycles. The Morgan fingerprint density at radius 3 is 2.08 bits per heavy atom. The third-order valence-corrected chi connectivity index (χ3v) is 7.12.